The van der Waals surface area contributed by atoms with Crippen LogP contribution in [0.4, 0.5) is 0 Å². The lowest BCUT2D eigenvalue weighted by Gasteiger charge is -2.30. The molecule has 0 bridgehead atoms. The summed E-state index contributed by atoms with van der Waals surface area (Å²) >= 11 is 0. The minimum atomic E-state index is -0.656. The highest BCUT2D eigenvalue weighted by atomic mass is 16.2. The summed E-state index contributed by atoms with van der Waals surface area (Å²) in [5, 5.41) is 4.11. The number of carbonyl (C=O) groups excluding carboxylic acids is 1. The third kappa shape index (κ3) is 3.26. The summed E-state index contributed by atoms with van der Waals surface area (Å²) in [6.45, 7) is 5.23. The van der Waals surface area contributed by atoms with Crippen molar-refractivity contribution in [3.05, 3.63) is 56.4 Å². The van der Waals surface area contributed by atoms with E-state index in [4.69, 9.17) is 0 Å². The van der Waals surface area contributed by atoms with Crippen molar-refractivity contribution in [2.24, 2.45) is 13.0 Å². The molecule has 0 spiro atoms. The van der Waals surface area contributed by atoms with Gasteiger partial charge in [0.05, 0.1) is 5.69 Å². The van der Waals surface area contributed by atoms with Crippen molar-refractivity contribution in [3.8, 4) is 5.69 Å². The minimum absolute atomic E-state index is 0.211. The Morgan fingerprint density at radius 3 is 2.52 bits per heavy atom. The zero-order valence-corrected chi connectivity index (χ0v) is 14.7. The van der Waals surface area contributed by atoms with Crippen LogP contribution in [0.2, 0.25) is 0 Å². The quantitative estimate of drug-likeness (QED) is 0.819. The highest BCUT2D eigenvalue weighted by molar-refractivity contribution is 5.91. The summed E-state index contributed by atoms with van der Waals surface area (Å²) in [5.74, 6) is -0.0161. The molecule has 0 N–H and O–H groups in total. The van der Waals surface area contributed by atoms with E-state index in [1.807, 2.05) is 19.1 Å². The molecule has 1 fully saturated rings. The molecular weight excluding hydrogens is 320 g/mol. The van der Waals surface area contributed by atoms with E-state index in [-0.39, 0.29) is 5.69 Å². The van der Waals surface area contributed by atoms with Gasteiger partial charge in [0.2, 0.25) is 5.69 Å². The fourth-order valence-corrected chi connectivity index (χ4v) is 3.09. The highest BCUT2D eigenvalue weighted by Gasteiger charge is 2.27. The van der Waals surface area contributed by atoms with Gasteiger partial charge < -0.3 is 4.90 Å². The number of rotatable bonds is 2. The Bertz CT molecular complexity index is 911. The van der Waals surface area contributed by atoms with E-state index in [2.05, 4.69) is 12.0 Å². The van der Waals surface area contributed by atoms with Gasteiger partial charge in [0.15, 0.2) is 0 Å². The number of likely N-dealkylation sites (tertiary alicyclic amines) is 1. The van der Waals surface area contributed by atoms with Crippen LogP contribution >= 0.6 is 0 Å². The van der Waals surface area contributed by atoms with E-state index in [1.54, 1.807) is 17.0 Å². The number of nitrogens with zero attached hydrogens (tertiary/aromatic N) is 4. The third-order valence-corrected chi connectivity index (χ3v) is 4.60. The van der Waals surface area contributed by atoms with Gasteiger partial charge in [-0.15, -0.1) is 0 Å². The monoisotopic (exact) mass is 342 g/mol. The van der Waals surface area contributed by atoms with Gasteiger partial charge in [-0.05, 0) is 37.8 Å². The second-order valence-electron chi connectivity index (χ2n) is 6.74. The predicted molar refractivity (Wildman–Crippen MR) is 94.1 cm³/mol. The summed E-state index contributed by atoms with van der Waals surface area (Å²) < 4.78 is 2.05. The van der Waals surface area contributed by atoms with Crippen molar-refractivity contribution in [2.45, 2.75) is 26.7 Å². The first-order valence-corrected chi connectivity index (χ1v) is 8.45. The van der Waals surface area contributed by atoms with Crippen LogP contribution in [-0.2, 0) is 7.05 Å². The van der Waals surface area contributed by atoms with Gasteiger partial charge in [0.25, 0.3) is 11.5 Å². The van der Waals surface area contributed by atoms with Crippen LogP contribution in [0.25, 0.3) is 5.69 Å². The molecule has 25 heavy (non-hydrogen) atoms. The van der Waals surface area contributed by atoms with Gasteiger partial charge >= 0.3 is 5.69 Å². The van der Waals surface area contributed by atoms with Crippen LogP contribution in [0.3, 0.4) is 0 Å². The molecule has 1 aliphatic rings. The van der Waals surface area contributed by atoms with E-state index >= 15 is 0 Å². The average molecular weight is 342 g/mol. The van der Waals surface area contributed by atoms with Gasteiger partial charge in [-0.2, -0.15) is 9.78 Å². The molecule has 0 saturated carbocycles. The first kappa shape index (κ1) is 17.1. The fraction of sp³-hybridized carbons (Fsp3) is 0.444. The molecule has 132 valence electrons. The van der Waals surface area contributed by atoms with Crippen molar-refractivity contribution < 1.29 is 4.79 Å². The van der Waals surface area contributed by atoms with Crippen LogP contribution in [-0.4, -0.2) is 38.2 Å². The summed E-state index contributed by atoms with van der Waals surface area (Å²) in [7, 11) is 1.37. The molecule has 1 aliphatic heterocycles. The Morgan fingerprint density at radius 1 is 1.20 bits per heavy atom. The lowest BCUT2D eigenvalue weighted by molar-refractivity contribution is 0.0671. The maximum Gasteiger partial charge on any atom is 0.351 e. The molecule has 2 heterocycles. The summed E-state index contributed by atoms with van der Waals surface area (Å²) in [4.78, 5) is 39.3. The van der Waals surface area contributed by atoms with Gasteiger partial charge in [0.1, 0.15) is 0 Å². The number of aryl methyl sites for hydroxylation is 1. The van der Waals surface area contributed by atoms with Crippen molar-refractivity contribution in [2.75, 3.05) is 13.1 Å². The molecule has 1 aromatic carbocycles. The Labute approximate surface area is 145 Å². The van der Waals surface area contributed by atoms with E-state index in [0.29, 0.717) is 24.7 Å². The molecule has 1 saturated heterocycles. The highest BCUT2D eigenvalue weighted by Crippen LogP contribution is 2.16. The van der Waals surface area contributed by atoms with Gasteiger partial charge in [-0.3, -0.25) is 14.2 Å². The molecule has 2 aromatic rings. The second-order valence-corrected chi connectivity index (χ2v) is 6.74. The zero-order chi connectivity index (χ0) is 18.1. The van der Waals surface area contributed by atoms with E-state index in [0.717, 1.165) is 27.7 Å². The van der Waals surface area contributed by atoms with Crippen molar-refractivity contribution >= 4 is 5.91 Å². The Balaban J connectivity index is 2.08. The Morgan fingerprint density at radius 2 is 1.88 bits per heavy atom. The number of hydrogen-bond acceptors (Lipinski definition) is 4. The Kier molecular flexibility index (Phi) is 4.57. The van der Waals surface area contributed by atoms with E-state index in [9.17, 15) is 14.4 Å². The number of amides is 1. The normalized spacial score (nSPS) is 17.6. The maximum atomic E-state index is 12.8. The topological polar surface area (TPSA) is 77.2 Å². The molecule has 1 aromatic heterocycles. The molecule has 0 aliphatic carbocycles. The van der Waals surface area contributed by atoms with Crippen LogP contribution in [0, 0.1) is 12.8 Å². The number of carbonyl (C=O) groups is 1. The van der Waals surface area contributed by atoms with Crippen LogP contribution in [0.5, 0.6) is 0 Å². The average Bonchev–Trinajstić information content (AvgIpc) is 2.60. The number of piperidine rings is 1. The van der Waals surface area contributed by atoms with Gasteiger partial charge in [-0.1, -0.05) is 24.6 Å². The molecule has 1 amide bonds. The van der Waals surface area contributed by atoms with Gasteiger partial charge in [0, 0.05) is 20.1 Å². The number of aromatic nitrogens is 3. The van der Waals surface area contributed by atoms with Crippen molar-refractivity contribution in [3.63, 3.8) is 0 Å². The van der Waals surface area contributed by atoms with E-state index < -0.39 is 17.2 Å². The Hall–Kier alpha value is -2.70. The lowest BCUT2D eigenvalue weighted by atomic mass is 10.0. The zero-order valence-electron chi connectivity index (χ0n) is 14.7. The molecule has 3 rings (SSSR count). The molecule has 1 atom stereocenters. The number of benzene rings is 1. The summed E-state index contributed by atoms with van der Waals surface area (Å²) in [6.07, 6.45) is 1.98. The molecular formula is C18H22N4O3. The predicted octanol–water partition coefficient (Wildman–Crippen LogP) is 1.11. The fourth-order valence-electron chi connectivity index (χ4n) is 3.09. The third-order valence-electron chi connectivity index (χ3n) is 4.60. The molecule has 0 radical (unpaired) electrons. The number of hydrogen-bond donors (Lipinski definition) is 0. The largest absolute Gasteiger partial charge is 0.351 e. The minimum Gasteiger partial charge on any atom is -0.337 e. The van der Waals surface area contributed by atoms with E-state index in [1.165, 1.54) is 7.05 Å². The first-order chi connectivity index (χ1) is 11.9. The molecule has 0 unspecified atom stereocenters. The van der Waals surface area contributed by atoms with Crippen molar-refractivity contribution in [1.82, 2.24) is 19.2 Å². The molecule has 7 heteroatoms. The SMILES string of the molecule is Cc1ccc(-n2nc(C(=O)N3CCC[C@@H](C)C3)c(=O)n(C)c2=O)cc1. The standard InChI is InChI=1S/C18H22N4O3/c1-12-6-8-14(9-7-12)22-18(25)20(3)16(23)15(19-22)17(24)21-10-4-5-13(2)11-21/h6-9,13H,4-5,10-11H2,1-3H3/t13-/m1/s1. The maximum absolute atomic E-state index is 12.8. The van der Waals surface area contributed by atoms with Crippen LogP contribution in [0.1, 0.15) is 35.8 Å². The molecule has 7 nitrogen and oxygen atoms in total. The first-order valence-electron chi connectivity index (χ1n) is 8.45. The van der Waals surface area contributed by atoms with Crippen LogP contribution in [0.15, 0.2) is 33.9 Å². The van der Waals surface area contributed by atoms with Gasteiger partial charge in [-0.25, -0.2) is 4.79 Å². The van der Waals surface area contributed by atoms with Crippen molar-refractivity contribution in [1.29, 1.82) is 0 Å². The summed E-state index contributed by atoms with van der Waals surface area (Å²) in [5.41, 5.74) is 0.123. The summed E-state index contributed by atoms with van der Waals surface area (Å²) in [6, 6.07) is 7.18. The second kappa shape index (κ2) is 6.66. The smallest absolute Gasteiger partial charge is 0.337 e. The van der Waals surface area contributed by atoms with Crippen LogP contribution < -0.4 is 11.2 Å². The lowest BCUT2D eigenvalue weighted by Crippen LogP contribution is -2.47.